The molecule has 0 radical (unpaired) electrons. The highest BCUT2D eigenvalue weighted by molar-refractivity contribution is 7.52. The Hall–Kier alpha value is -2.57. The van der Waals surface area contributed by atoms with Gasteiger partial charge in [-0.1, -0.05) is 78.1 Å². The van der Waals surface area contributed by atoms with Crippen molar-refractivity contribution in [3.63, 3.8) is 0 Å². The van der Waals surface area contributed by atoms with Gasteiger partial charge in [-0.2, -0.15) is 0 Å². The molecule has 0 heterocycles. The Morgan fingerprint density at radius 1 is 0.651 bits per heavy atom. The van der Waals surface area contributed by atoms with Gasteiger partial charge in [0, 0.05) is 19.9 Å². The molecule has 3 N–H and O–H groups in total. The molecule has 0 aliphatic heterocycles. The quantitative estimate of drug-likeness (QED) is 0.0337. The predicted octanol–water partition coefficient (Wildman–Crippen LogP) is 6.27. The average molecular weight is 640 g/mol. The lowest BCUT2D eigenvalue weighted by atomic mass is 10.1. The fourth-order valence-electron chi connectivity index (χ4n) is 3.53. The number of likely N-dealkylation sites (N-methyl/N-ethyl adjacent to an activating group) is 1. The SMILES string of the molecule is CCCCCCCCOC(=O)OCCCOP(=O)(/N=C(\N)N(C)CC(=O)O)OCCCOC(=O)OCCCCCCCC. The maximum Gasteiger partial charge on any atom is 0.508 e. The van der Waals surface area contributed by atoms with Crippen molar-refractivity contribution in [3.8, 4) is 0 Å². The Balaban J connectivity index is 4.48. The number of ether oxygens (including phenoxy) is 4. The normalized spacial score (nSPS) is 11.7. The van der Waals surface area contributed by atoms with Gasteiger partial charge in [0.2, 0.25) is 5.96 Å². The zero-order chi connectivity index (χ0) is 32.2. The number of unbranched alkanes of at least 4 members (excludes halogenated alkanes) is 10. The molecule has 252 valence electrons. The lowest BCUT2D eigenvalue weighted by Crippen LogP contribution is -2.37. The molecule has 0 bridgehead atoms. The molecule has 0 fully saturated rings. The minimum absolute atomic E-state index is 0.0534. The first-order valence-electron chi connectivity index (χ1n) is 15.4. The largest absolute Gasteiger partial charge is 0.508 e. The molecule has 43 heavy (non-hydrogen) atoms. The van der Waals surface area contributed by atoms with Crippen LogP contribution in [0.25, 0.3) is 0 Å². The van der Waals surface area contributed by atoms with Crippen molar-refractivity contribution in [2.45, 2.75) is 104 Å². The van der Waals surface area contributed by atoms with Gasteiger partial charge >= 0.3 is 26.0 Å². The van der Waals surface area contributed by atoms with E-state index in [0.717, 1.165) is 43.4 Å². The second kappa shape index (κ2) is 27.0. The Morgan fingerprint density at radius 3 is 1.42 bits per heavy atom. The summed E-state index contributed by atoms with van der Waals surface area (Å²) in [6, 6.07) is 0. The van der Waals surface area contributed by atoms with Crippen molar-refractivity contribution in [2.24, 2.45) is 10.5 Å². The monoisotopic (exact) mass is 639 g/mol. The van der Waals surface area contributed by atoms with E-state index in [2.05, 4.69) is 18.6 Å². The Labute approximate surface area is 256 Å². The van der Waals surface area contributed by atoms with Crippen LogP contribution in [0, 0.1) is 0 Å². The van der Waals surface area contributed by atoms with Gasteiger partial charge in [-0.25, -0.2) is 14.2 Å². The summed E-state index contributed by atoms with van der Waals surface area (Å²) in [5.41, 5.74) is 5.78. The van der Waals surface area contributed by atoms with Crippen LogP contribution in [0.5, 0.6) is 0 Å². The van der Waals surface area contributed by atoms with Crippen molar-refractivity contribution in [2.75, 3.05) is 53.2 Å². The molecule has 0 aliphatic rings. The highest BCUT2D eigenvalue weighted by Gasteiger charge is 2.26. The van der Waals surface area contributed by atoms with Crippen molar-refractivity contribution < 1.29 is 52.1 Å². The molecular weight excluding hydrogens is 585 g/mol. The number of aliphatic carboxylic acids is 1. The van der Waals surface area contributed by atoms with E-state index in [4.69, 9.17) is 38.8 Å². The van der Waals surface area contributed by atoms with Gasteiger partial charge in [-0.3, -0.25) is 13.8 Å². The standard InChI is InChI=1S/C28H54N3O11P/c1-4-6-8-10-12-14-18-37-27(34)39-20-16-22-41-43(36,30-26(29)31(3)24-25(32)33)42-23-17-21-40-28(35)38-19-15-13-11-9-7-5-2/h4-24H2,1-3H3,(H,32,33)(H2,29,30,36). The number of guanidine groups is 1. The van der Waals surface area contributed by atoms with Crippen molar-refractivity contribution in [1.29, 1.82) is 0 Å². The number of hydrogen-bond donors (Lipinski definition) is 2. The van der Waals surface area contributed by atoms with Gasteiger partial charge < -0.3 is 34.7 Å². The van der Waals surface area contributed by atoms with Crippen molar-refractivity contribution in [1.82, 2.24) is 4.90 Å². The van der Waals surface area contributed by atoms with Crippen LogP contribution in [0.4, 0.5) is 9.59 Å². The van der Waals surface area contributed by atoms with Crippen LogP contribution >= 0.6 is 7.75 Å². The predicted molar refractivity (Wildman–Crippen MR) is 162 cm³/mol. The van der Waals surface area contributed by atoms with E-state index in [9.17, 15) is 18.9 Å². The number of carboxylic acid groups (broad SMARTS) is 1. The molecule has 0 aliphatic carbocycles. The molecule has 0 aromatic rings. The number of carboxylic acids is 1. The minimum Gasteiger partial charge on any atom is -0.480 e. The summed E-state index contributed by atoms with van der Waals surface area (Å²) in [6.45, 7) is 3.94. The molecule has 0 unspecified atom stereocenters. The zero-order valence-electron chi connectivity index (χ0n) is 26.3. The molecule has 15 heteroatoms. The molecule has 0 aromatic heterocycles. The van der Waals surface area contributed by atoms with E-state index >= 15 is 0 Å². The highest BCUT2D eigenvalue weighted by Crippen LogP contribution is 2.50. The second-order valence-electron chi connectivity index (χ2n) is 9.98. The van der Waals surface area contributed by atoms with Crippen LogP contribution in [0.2, 0.25) is 0 Å². The van der Waals surface area contributed by atoms with Gasteiger partial charge in [0.25, 0.3) is 0 Å². The molecule has 0 saturated heterocycles. The first kappa shape index (κ1) is 40.4. The van der Waals surface area contributed by atoms with Crippen LogP contribution in [-0.2, 0) is 37.4 Å². The molecule has 0 saturated carbocycles. The molecule has 0 aromatic carbocycles. The first-order valence-corrected chi connectivity index (χ1v) is 16.9. The summed E-state index contributed by atoms with van der Waals surface area (Å²) < 4.78 is 47.7. The Bertz CT molecular complexity index is 786. The van der Waals surface area contributed by atoms with E-state index in [1.807, 2.05) is 0 Å². The van der Waals surface area contributed by atoms with Gasteiger partial charge in [0.1, 0.15) is 6.54 Å². The first-order chi connectivity index (χ1) is 20.6. The van der Waals surface area contributed by atoms with Crippen LogP contribution in [0.3, 0.4) is 0 Å². The van der Waals surface area contributed by atoms with E-state index in [1.54, 1.807) is 0 Å². The number of nitrogens with zero attached hydrogens (tertiary/aromatic N) is 2. The maximum atomic E-state index is 13.2. The lowest BCUT2D eigenvalue weighted by molar-refractivity contribution is -0.137. The third kappa shape index (κ3) is 25.6. The minimum atomic E-state index is -4.18. The number of carbonyl (C=O) groups is 3. The average Bonchev–Trinajstić information content (AvgIpc) is 2.95. The van der Waals surface area contributed by atoms with E-state index < -0.39 is 32.6 Å². The summed E-state index contributed by atoms with van der Waals surface area (Å²) in [7, 11) is -2.83. The summed E-state index contributed by atoms with van der Waals surface area (Å²) in [4.78, 5) is 35.5. The topological polar surface area (TPSA) is 186 Å². The van der Waals surface area contributed by atoms with E-state index in [1.165, 1.54) is 45.6 Å². The van der Waals surface area contributed by atoms with Crippen LogP contribution in [0.1, 0.15) is 104 Å². The van der Waals surface area contributed by atoms with Crippen molar-refractivity contribution in [3.05, 3.63) is 0 Å². The third-order valence-corrected chi connectivity index (χ3v) is 7.42. The zero-order valence-corrected chi connectivity index (χ0v) is 27.2. The smallest absolute Gasteiger partial charge is 0.480 e. The summed E-state index contributed by atoms with van der Waals surface area (Å²) >= 11 is 0. The maximum absolute atomic E-state index is 13.2. The van der Waals surface area contributed by atoms with Crippen LogP contribution in [0.15, 0.2) is 4.76 Å². The summed E-state index contributed by atoms with van der Waals surface area (Å²) in [5, 5.41) is 8.96. The third-order valence-electron chi connectivity index (χ3n) is 5.95. The lowest BCUT2D eigenvalue weighted by Gasteiger charge is -2.19. The molecule has 0 spiro atoms. The van der Waals surface area contributed by atoms with Gasteiger partial charge in [-0.15, -0.1) is 4.76 Å². The number of carbonyl (C=O) groups excluding carboxylic acids is 2. The van der Waals surface area contributed by atoms with Crippen molar-refractivity contribution >= 4 is 32.0 Å². The van der Waals surface area contributed by atoms with Gasteiger partial charge in [0.05, 0.1) is 39.6 Å². The fourth-order valence-corrected chi connectivity index (χ4v) is 4.84. The second-order valence-corrected chi connectivity index (χ2v) is 11.6. The van der Waals surface area contributed by atoms with E-state index in [0.29, 0.717) is 0 Å². The van der Waals surface area contributed by atoms with Crippen LogP contribution in [-0.4, -0.2) is 87.5 Å². The Kier molecular flexibility index (Phi) is 25.4. The molecule has 0 amide bonds. The van der Waals surface area contributed by atoms with E-state index in [-0.39, 0.29) is 58.4 Å². The molecule has 0 rings (SSSR count). The number of nitrogens with two attached hydrogens (primary N) is 1. The summed E-state index contributed by atoms with van der Waals surface area (Å²) in [6.07, 6.45) is 11.5. The molecular formula is C28H54N3O11P. The Morgan fingerprint density at radius 2 is 1.02 bits per heavy atom. The van der Waals surface area contributed by atoms with Gasteiger partial charge in [-0.05, 0) is 12.8 Å². The fraction of sp³-hybridized carbons (Fsp3) is 0.857. The number of hydrogen-bond acceptors (Lipinski definition) is 10. The molecule has 0 atom stereocenters. The summed E-state index contributed by atoms with van der Waals surface area (Å²) in [5.74, 6) is -1.53. The van der Waals surface area contributed by atoms with Crippen LogP contribution < -0.4 is 5.73 Å². The highest BCUT2D eigenvalue weighted by atomic mass is 31.2. The number of rotatable bonds is 27. The van der Waals surface area contributed by atoms with Gasteiger partial charge in [0.15, 0.2) is 0 Å². The molecule has 14 nitrogen and oxygen atoms in total.